The highest BCUT2D eigenvalue weighted by molar-refractivity contribution is 14.0. The van der Waals surface area contributed by atoms with Crippen LogP contribution in [0.2, 0.25) is 0 Å². The maximum atomic E-state index is 12.3. The van der Waals surface area contributed by atoms with Crippen LogP contribution in [0, 0.1) is 13.8 Å². The van der Waals surface area contributed by atoms with Gasteiger partial charge in [0, 0.05) is 38.6 Å². The molecule has 1 aliphatic rings. The van der Waals surface area contributed by atoms with Gasteiger partial charge in [0.05, 0.1) is 18.3 Å². The van der Waals surface area contributed by atoms with Crippen molar-refractivity contribution in [2.24, 2.45) is 4.99 Å². The molecule has 1 amide bonds. The minimum absolute atomic E-state index is 0. The van der Waals surface area contributed by atoms with Crippen molar-refractivity contribution in [1.82, 2.24) is 25.4 Å². The number of hydrogen-bond acceptors (Lipinski definition) is 5. The van der Waals surface area contributed by atoms with Crippen LogP contribution in [-0.2, 0) is 11.3 Å². The van der Waals surface area contributed by atoms with E-state index in [0.29, 0.717) is 6.54 Å². The highest BCUT2D eigenvalue weighted by atomic mass is 127. The summed E-state index contributed by atoms with van der Waals surface area (Å²) in [5.41, 5.74) is 1.09. The molecule has 160 valence electrons. The molecule has 1 saturated heterocycles. The summed E-state index contributed by atoms with van der Waals surface area (Å²) in [7, 11) is 3.68. The summed E-state index contributed by atoms with van der Waals surface area (Å²) in [5.74, 6) is 1.05. The molecule has 0 spiro atoms. The Balaban J connectivity index is 0.00000392. The topological polar surface area (TPSA) is 72.9 Å². The van der Waals surface area contributed by atoms with Gasteiger partial charge in [-0.3, -0.25) is 9.69 Å². The van der Waals surface area contributed by atoms with Crippen molar-refractivity contribution in [3.63, 3.8) is 0 Å². The molecule has 0 radical (unpaired) electrons. The molecule has 1 unspecified atom stereocenters. The van der Waals surface area contributed by atoms with Gasteiger partial charge in [0.1, 0.15) is 5.01 Å². The largest absolute Gasteiger partial charge is 0.357 e. The normalized spacial score (nSPS) is 17.3. The highest BCUT2D eigenvalue weighted by Crippen LogP contribution is 2.19. The molecule has 1 aliphatic heterocycles. The number of carbonyl (C=O) groups is 1. The second-order valence-corrected chi connectivity index (χ2v) is 8.44. The summed E-state index contributed by atoms with van der Waals surface area (Å²) in [6.45, 7) is 10.4. The van der Waals surface area contributed by atoms with E-state index in [-0.39, 0.29) is 35.9 Å². The van der Waals surface area contributed by atoms with Gasteiger partial charge in [-0.15, -0.1) is 35.3 Å². The Morgan fingerprint density at radius 3 is 2.71 bits per heavy atom. The zero-order valence-electron chi connectivity index (χ0n) is 17.7. The molecule has 0 aromatic carbocycles. The lowest BCUT2D eigenvalue weighted by atomic mass is 10.2. The van der Waals surface area contributed by atoms with Crippen LogP contribution >= 0.6 is 35.3 Å². The van der Waals surface area contributed by atoms with Crippen molar-refractivity contribution in [3.05, 3.63) is 15.6 Å². The van der Waals surface area contributed by atoms with Gasteiger partial charge in [-0.25, -0.2) is 9.98 Å². The number of guanidine groups is 1. The van der Waals surface area contributed by atoms with Gasteiger partial charge < -0.3 is 15.5 Å². The number of aromatic nitrogens is 1. The SMILES string of the molecule is CCNC(=NCc1nc(C)c(C)s1)NCCCN1CCCC1C(=O)N(C)C.I. The van der Waals surface area contributed by atoms with E-state index in [1.54, 1.807) is 16.2 Å². The number of likely N-dealkylation sites (tertiary alicyclic amines) is 1. The van der Waals surface area contributed by atoms with Gasteiger partial charge in [0.15, 0.2) is 5.96 Å². The number of amides is 1. The Morgan fingerprint density at radius 1 is 1.36 bits per heavy atom. The van der Waals surface area contributed by atoms with Crippen LogP contribution in [0.25, 0.3) is 0 Å². The summed E-state index contributed by atoms with van der Waals surface area (Å²) in [6, 6.07) is 0.0540. The zero-order valence-corrected chi connectivity index (χ0v) is 20.9. The maximum Gasteiger partial charge on any atom is 0.239 e. The highest BCUT2D eigenvalue weighted by Gasteiger charge is 2.30. The Labute approximate surface area is 190 Å². The van der Waals surface area contributed by atoms with Crippen LogP contribution < -0.4 is 10.6 Å². The van der Waals surface area contributed by atoms with Crippen LogP contribution in [0.1, 0.15) is 41.8 Å². The second-order valence-electron chi connectivity index (χ2n) is 7.15. The van der Waals surface area contributed by atoms with Crippen molar-refractivity contribution < 1.29 is 4.79 Å². The summed E-state index contributed by atoms with van der Waals surface area (Å²) in [6.07, 6.45) is 3.06. The summed E-state index contributed by atoms with van der Waals surface area (Å²) in [4.78, 5) is 26.7. The molecule has 7 nitrogen and oxygen atoms in total. The van der Waals surface area contributed by atoms with Crippen LogP contribution in [0.15, 0.2) is 4.99 Å². The number of aliphatic imine (C=N–C) groups is 1. The Hall–Kier alpha value is -0.940. The second kappa shape index (κ2) is 12.6. The van der Waals surface area contributed by atoms with E-state index in [0.717, 1.165) is 62.1 Å². The molecule has 1 aromatic rings. The number of carbonyl (C=O) groups excluding carboxylic acids is 1. The number of nitrogens with one attached hydrogen (secondary N) is 2. The minimum Gasteiger partial charge on any atom is -0.357 e. The average molecular weight is 523 g/mol. The molecular formula is C19H35IN6OS. The molecule has 0 aliphatic carbocycles. The van der Waals surface area contributed by atoms with Crippen molar-refractivity contribution in [2.75, 3.05) is 40.3 Å². The van der Waals surface area contributed by atoms with Gasteiger partial charge in [-0.05, 0) is 46.6 Å². The number of halogens is 1. The molecule has 2 heterocycles. The first-order valence-electron chi connectivity index (χ1n) is 9.82. The molecule has 28 heavy (non-hydrogen) atoms. The van der Waals surface area contributed by atoms with E-state index in [1.165, 1.54) is 4.88 Å². The molecule has 2 N–H and O–H groups in total. The Bertz CT molecular complexity index is 629. The first kappa shape index (κ1) is 25.1. The van der Waals surface area contributed by atoms with Crippen LogP contribution in [0.4, 0.5) is 0 Å². The number of likely N-dealkylation sites (N-methyl/N-ethyl adjacent to an activating group) is 1. The van der Waals surface area contributed by atoms with E-state index in [4.69, 9.17) is 0 Å². The molecule has 1 atom stereocenters. The monoisotopic (exact) mass is 522 g/mol. The van der Waals surface area contributed by atoms with Crippen molar-refractivity contribution in [1.29, 1.82) is 0 Å². The van der Waals surface area contributed by atoms with Crippen molar-refractivity contribution in [2.45, 2.75) is 52.6 Å². The third kappa shape index (κ3) is 7.47. The standard InChI is InChI=1S/C19H34N6OS.HI/c1-6-20-19(22-13-17-23-14(2)15(3)27-17)21-10-8-12-25-11-7-9-16(25)18(26)24(4)5;/h16H,6-13H2,1-5H3,(H2,20,21,22);1H. The van der Waals surface area contributed by atoms with Gasteiger partial charge in [0.25, 0.3) is 0 Å². The number of thiazole rings is 1. The van der Waals surface area contributed by atoms with E-state index in [2.05, 4.69) is 39.4 Å². The summed E-state index contributed by atoms with van der Waals surface area (Å²) < 4.78 is 0. The summed E-state index contributed by atoms with van der Waals surface area (Å²) >= 11 is 1.71. The quantitative estimate of drug-likeness (QED) is 0.238. The molecule has 2 rings (SSSR count). The van der Waals surface area contributed by atoms with Gasteiger partial charge in [-0.2, -0.15) is 0 Å². The minimum atomic E-state index is 0. The fraction of sp³-hybridized carbons (Fsp3) is 0.737. The van der Waals surface area contributed by atoms with E-state index < -0.39 is 0 Å². The number of rotatable bonds is 8. The number of aryl methyl sites for hydroxylation is 2. The molecule has 1 fully saturated rings. The average Bonchev–Trinajstić information content (AvgIpc) is 3.22. The molecule has 9 heteroatoms. The molecular weight excluding hydrogens is 487 g/mol. The lowest BCUT2D eigenvalue weighted by Crippen LogP contribution is -2.44. The predicted octanol–water partition coefficient (Wildman–Crippen LogP) is 2.38. The van der Waals surface area contributed by atoms with E-state index in [1.807, 2.05) is 21.0 Å². The van der Waals surface area contributed by atoms with Crippen LogP contribution in [-0.4, -0.2) is 73.0 Å². The molecule has 1 aromatic heterocycles. The third-order valence-electron chi connectivity index (χ3n) is 4.79. The molecule has 0 bridgehead atoms. The fourth-order valence-corrected chi connectivity index (χ4v) is 4.11. The smallest absolute Gasteiger partial charge is 0.239 e. The number of hydrogen-bond donors (Lipinski definition) is 2. The molecule has 0 saturated carbocycles. The van der Waals surface area contributed by atoms with Crippen molar-refractivity contribution in [3.8, 4) is 0 Å². The van der Waals surface area contributed by atoms with Gasteiger partial charge in [0.2, 0.25) is 5.91 Å². The Kier molecular flexibility index (Phi) is 11.3. The van der Waals surface area contributed by atoms with Gasteiger partial charge >= 0.3 is 0 Å². The zero-order chi connectivity index (χ0) is 19.8. The third-order valence-corrected chi connectivity index (χ3v) is 5.85. The number of nitrogens with zero attached hydrogens (tertiary/aromatic N) is 4. The fourth-order valence-electron chi connectivity index (χ4n) is 3.26. The van der Waals surface area contributed by atoms with Crippen LogP contribution in [0.3, 0.4) is 0 Å². The first-order chi connectivity index (χ1) is 12.9. The first-order valence-corrected chi connectivity index (χ1v) is 10.6. The maximum absolute atomic E-state index is 12.3. The van der Waals surface area contributed by atoms with Gasteiger partial charge in [-0.1, -0.05) is 0 Å². The van der Waals surface area contributed by atoms with E-state index >= 15 is 0 Å². The predicted molar refractivity (Wildman–Crippen MR) is 128 cm³/mol. The summed E-state index contributed by atoms with van der Waals surface area (Å²) in [5, 5.41) is 7.73. The van der Waals surface area contributed by atoms with E-state index in [9.17, 15) is 4.79 Å². The van der Waals surface area contributed by atoms with Crippen LogP contribution in [0.5, 0.6) is 0 Å². The lowest BCUT2D eigenvalue weighted by molar-refractivity contribution is -0.133. The lowest BCUT2D eigenvalue weighted by Gasteiger charge is -2.26. The Morgan fingerprint density at radius 2 is 2.11 bits per heavy atom. The van der Waals surface area contributed by atoms with Crippen molar-refractivity contribution >= 4 is 47.2 Å².